The van der Waals surface area contributed by atoms with Gasteiger partial charge in [-0.1, -0.05) is 0 Å². The summed E-state index contributed by atoms with van der Waals surface area (Å²) < 4.78 is 4.61. The highest BCUT2D eigenvalue weighted by atomic mass is 32.1. The van der Waals surface area contributed by atoms with Gasteiger partial charge in [0.2, 0.25) is 0 Å². The SMILES string of the molecule is COC(=O)c1ccc(C(=O)NCC(C)(O)Cc2ccsc2)cc1. The van der Waals surface area contributed by atoms with Crippen molar-refractivity contribution in [2.24, 2.45) is 0 Å². The Kier molecular flexibility index (Phi) is 5.52. The minimum Gasteiger partial charge on any atom is -0.465 e. The molecule has 23 heavy (non-hydrogen) atoms. The highest BCUT2D eigenvalue weighted by molar-refractivity contribution is 7.07. The van der Waals surface area contributed by atoms with E-state index < -0.39 is 11.6 Å². The zero-order chi connectivity index (χ0) is 16.9. The lowest BCUT2D eigenvalue weighted by molar-refractivity contribution is 0.0553. The number of hydrogen-bond donors (Lipinski definition) is 2. The first-order chi connectivity index (χ1) is 10.9. The molecule has 0 radical (unpaired) electrons. The van der Waals surface area contributed by atoms with Crippen LogP contribution < -0.4 is 5.32 Å². The second-order valence-electron chi connectivity index (χ2n) is 5.56. The van der Waals surface area contributed by atoms with Crippen LogP contribution in [-0.2, 0) is 11.2 Å². The van der Waals surface area contributed by atoms with E-state index in [2.05, 4.69) is 10.1 Å². The van der Waals surface area contributed by atoms with E-state index >= 15 is 0 Å². The van der Waals surface area contributed by atoms with Crippen molar-refractivity contribution in [3.8, 4) is 0 Å². The Morgan fingerprint density at radius 2 is 1.87 bits per heavy atom. The predicted molar refractivity (Wildman–Crippen MR) is 88.8 cm³/mol. The molecule has 1 atom stereocenters. The quantitative estimate of drug-likeness (QED) is 0.795. The highest BCUT2D eigenvalue weighted by Gasteiger charge is 2.22. The molecule has 1 aromatic heterocycles. The summed E-state index contributed by atoms with van der Waals surface area (Å²) in [6.45, 7) is 1.83. The maximum atomic E-state index is 12.1. The zero-order valence-electron chi connectivity index (χ0n) is 13.0. The van der Waals surface area contributed by atoms with Crippen LogP contribution in [0.5, 0.6) is 0 Å². The van der Waals surface area contributed by atoms with Gasteiger partial charge in [0.05, 0.1) is 18.3 Å². The van der Waals surface area contributed by atoms with E-state index in [1.165, 1.54) is 19.2 Å². The van der Waals surface area contributed by atoms with Gasteiger partial charge in [-0.15, -0.1) is 0 Å². The largest absolute Gasteiger partial charge is 0.465 e. The van der Waals surface area contributed by atoms with E-state index in [1.807, 2.05) is 16.8 Å². The molecule has 6 heteroatoms. The van der Waals surface area contributed by atoms with Gasteiger partial charge in [0.25, 0.3) is 5.91 Å². The van der Waals surface area contributed by atoms with Crippen molar-refractivity contribution >= 4 is 23.2 Å². The van der Waals surface area contributed by atoms with E-state index in [1.54, 1.807) is 30.4 Å². The van der Waals surface area contributed by atoms with Crippen molar-refractivity contribution in [3.05, 3.63) is 57.8 Å². The number of esters is 1. The standard InChI is InChI=1S/C17H19NO4S/c1-17(21,9-12-7-8-23-10-12)11-18-15(19)13-3-5-14(6-4-13)16(20)22-2/h3-8,10,21H,9,11H2,1-2H3,(H,18,19). The Hall–Kier alpha value is -2.18. The Balaban J connectivity index is 1.92. The van der Waals surface area contributed by atoms with Crippen molar-refractivity contribution in [1.29, 1.82) is 0 Å². The third-order valence-electron chi connectivity index (χ3n) is 3.36. The molecule has 0 spiro atoms. The fourth-order valence-electron chi connectivity index (χ4n) is 2.14. The van der Waals surface area contributed by atoms with Crippen LogP contribution in [0.4, 0.5) is 0 Å². The van der Waals surface area contributed by atoms with Gasteiger partial charge in [0.15, 0.2) is 0 Å². The van der Waals surface area contributed by atoms with Crippen molar-refractivity contribution < 1.29 is 19.4 Å². The number of carbonyl (C=O) groups is 2. The number of amides is 1. The van der Waals surface area contributed by atoms with Gasteiger partial charge in [-0.25, -0.2) is 4.79 Å². The number of hydrogen-bond acceptors (Lipinski definition) is 5. The molecular weight excluding hydrogens is 314 g/mol. The second kappa shape index (κ2) is 7.39. The van der Waals surface area contributed by atoms with E-state index in [0.717, 1.165) is 5.56 Å². The number of carbonyl (C=O) groups excluding carboxylic acids is 2. The van der Waals surface area contributed by atoms with E-state index in [-0.39, 0.29) is 12.5 Å². The molecule has 0 bridgehead atoms. The first-order valence-corrected chi connectivity index (χ1v) is 8.05. The number of rotatable bonds is 6. The average Bonchev–Trinajstić information content (AvgIpc) is 3.04. The second-order valence-corrected chi connectivity index (χ2v) is 6.34. The predicted octanol–water partition coefficient (Wildman–Crippen LogP) is 2.26. The molecule has 1 heterocycles. The molecule has 5 nitrogen and oxygen atoms in total. The monoisotopic (exact) mass is 333 g/mol. The van der Waals surface area contributed by atoms with Gasteiger partial charge >= 0.3 is 5.97 Å². The van der Waals surface area contributed by atoms with Crippen LogP contribution >= 0.6 is 11.3 Å². The van der Waals surface area contributed by atoms with Gasteiger partial charge in [-0.3, -0.25) is 4.79 Å². The maximum absolute atomic E-state index is 12.1. The molecule has 0 fully saturated rings. The number of methoxy groups -OCH3 is 1. The van der Waals surface area contributed by atoms with Crippen molar-refractivity contribution in [1.82, 2.24) is 5.32 Å². The molecule has 0 saturated carbocycles. The fourth-order valence-corrected chi connectivity index (χ4v) is 2.81. The first-order valence-electron chi connectivity index (χ1n) is 7.11. The van der Waals surface area contributed by atoms with Gasteiger partial charge in [0, 0.05) is 18.5 Å². The van der Waals surface area contributed by atoms with Crippen molar-refractivity contribution in [3.63, 3.8) is 0 Å². The minimum absolute atomic E-state index is 0.139. The molecule has 122 valence electrons. The summed E-state index contributed by atoms with van der Waals surface area (Å²) in [5.74, 6) is -0.748. The molecular formula is C17H19NO4S. The molecule has 0 aliphatic heterocycles. The van der Waals surface area contributed by atoms with Crippen LogP contribution in [0.15, 0.2) is 41.1 Å². The van der Waals surface area contributed by atoms with Gasteiger partial charge in [-0.2, -0.15) is 11.3 Å². The Bertz CT molecular complexity index is 662. The molecule has 0 saturated heterocycles. The van der Waals surface area contributed by atoms with Crippen LogP contribution in [-0.4, -0.2) is 36.2 Å². The number of ether oxygens (including phenoxy) is 1. The molecule has 0 aliphatic carbocycles. The average molecular weight is 333 g/mol. The molecule has 0 aliphatic rings. The number of thiophene rings is 1. The van der Waals surface area contributed by atoms with Crippen LogP contribution in [0.1, 0.15) is 33.2 Å². The first kappa shape index (κ1) is 17.2. The Morgan fingerprint density at radius 1 is 1.22 bits per heavy atom. The van der Waals surface area contributed by atoms with Gasteiger partial charge in [0.1, 0.15) is 0 Å². The zero-order valence-corrected chi connectivity index (χ0v) is 13.9. The van der Waals surface area contributed by atoms with E-state index in [0.29, 0.717) is 17.5 Å². The lowest BCUT2D eigenvalue weighted by Gasteiger charge is -2.23. The number of benzene rings is 1. The molecule has 1 aromatic carbocycles. The summed E-state index contributed by atoms with van der Waals surface area (Å²) in [5, 5.41) is 17.0. The highest BCUT2D eigenvalue weighted by Crippen LogP contribution is 2.15. The van der Waals surface area contributed by atoms with Gasteiger partial charge in [-0.05, 0) is 53.6 Å². The fraction of sp³-hybridized carbons (Fsp3) is 0.294. The third kappa shape index (κ3) is 4.91. The van der Waals surface area contributed by atoms with Crippen molar-refractivity contribution in [2.45, 2.75) is 18.9 Å². The summed E-state index contributed by atoms with van der Waals surface area (Å²) in [6.07, 6.45) is 0.470. The lowest BCUT2D eigenvalue weighted by atomic mass is 9.98. The van der Waals surface area contributed by atoms with E-state index in [9.17, 15) is 14.7 Å². The lowest BCUT2D eigenvalue weighted by Crippen LogP contribution is -2.42. The molecule has 2 rings (SSSR count). The summed E-state index contributed by atoms with van der Waals surface area (Å²) in [7, 11) is 1.30. The number of aliphatic hydroxyl groups is 1. The summed E-state index contributed by atoms with van der Waals surface area (Å²) in [6, 6.07) is 8.12. The maximum Gasteiger partial charge on any atom is 0.337 e. The molecule has 2 aromatic rings. The molecule has 1 unspecified atom stereocenters. The van der Waals surface area contributed by atoms with Gasteiger partial charge < -0.3 is 15.2 Å². The summed E-state index contributed by atoms with van der Waals surface area (Å²) >= 11 is 1.57. The van der Waals surface area contributed by atoms with Crippen LogP contribution in [0.25, 0.3) is 0 Å². The van der Waals surface area contributed by atoms with E-state index in [4.69, 9.17) is 0 Å². The van der Waals surface area contributed by atoms with Crippen LogP contribution in [0.2, 0.25) is 0 Å². The normalized spacial score (nSPS) is 13.2. The van der Waals surface area contributed by atoms with Crippen LogP contribution in [0, 0.1) is 0 Å². The summed E-state index contributed by atoms with van der Waals surface area (Å²) in [5.41, 5.74) is 0.817. The minimum atomic E-state index is -1.03. The van der Waals surface area contributed by atoms with Crippen molar-refractivity contribution in [2.75, 3.05) is 13.7 Å². The molecule has 1 amide bonds. The Labute approximate surface area is 138 Å². The summed E-state index contributed by atoms with van der Waals surface area (Å²) in [4.78, 5) is 23.5. The smallest absolute Gasteiger partial charge is 0.337 e. The topological polar surface area (TPSA) is 75.6 Å². The van der Waals surface area contributed by atoms with Crippen LogP contribution in [0.3, 0.4) is 0 Å². The Morgan fingerprint density at radius 3 is 2.43 bits per heavy atom. The molecule has 2 N–H and O–H groups in total. The number of nitrogens with one attached hydrogen (secondary N) is 1. The third-order valence-corrected chi connectivity index (χ3v) is 4.10.